The van der Waals surface area contributed by atoms with Gasteiger partial charge in [-0.3, -0.25) is 0 Å². The zero-order valence-electron chi connectivity index (χ0n) is 11.5. The smallest absolute Gasteiger partial charge is 0.171 e. The Hall–Kier alpha value is -1.61. The van der Waals surface area contributed by atoms with Crippen molar-refractivity contribution in [2.24, 2.45) is 0 Å². The second kappa shape index (κ2) is 6.02. The van der Waals surface area contributed by atoms with Crippen molar-refractivity contribution < 1.29 is 0 Å². The molecule has 0 aliphatic rings. The molecule has 0 unspecified atom stereocenters. The average molecular weight is 276 g/mol. The minimum Gasteiger partial charge on any atom is -0.363 e. The summed E-state index contributed by atoms with van der Waals surface area (Å²) in [5, 5.41) is 3.65. The van der Waals surface area contributed by atoms with E-state index in [0.29, 0.717) is 17.5 Å². The van der Waals surface area contributed by atoms with E-state index in [4.69, 9.17) is 11.6 Å². The quantitative estimate of drug-likeness (QED) is 0.919. The number of benzene rings is 1. The van der Waals surface area contributed by atoms with Crippen LogP contribution in [0.2, 0.25) is 5.15 Å². The average Bonchev–Trinajstić information content (AvgIpc) is 2.42. The van der Waals surface area contributed by atoms with Gasteiger partial charge in [-0.05, 0) is 31.4 Å². The molecule has 0 radical (unpaired) electrons. The van der Waals surface area contributed by atoms with Crippen molar-refractivity contribution in [1.29, 1.82) is 0 Å². The first kappa shape index (κ1) is 13.8. The van der Waals surface area contributed by atoms with E-state index in [1.165, 1.54) is 11.1 Å². The summed E-state index contributed by atoms with van der Waals surface area (Å²) in [6, 6.07) is 8.53. The van der Waals surface area contributed by atoms with E-state index in [1.807, 2.05) is 13.8 Å². The van der Waals surface area contributed by atoms with Crippen LogP contribution in [0.4, 0.5) is 5.82 Å². The lowest BCUT2D eigenvalue weighted by molar-refractivity contribution is 1.01. The Bertz CT molecular complexity index is 564. The number of hydrogen-bond acceptors (Lipinski definition) is 3. The van der Waals surface area contributed by atoms with Crippen LogP contribution in [-0.4, -0.2) is 9.97 Å². The van der Waals surface area contributed by atoms with Gasteiger partial charge in [0.05, 0.1) is 11.4 Å². The highest BCUT2D eigenvalue weighted by atomic mass is 35.5. The molecule has 2 aromatic rings. The van der Waals surface area contributed by atoms with Crippen LogP contribution in [-0.2, 0) is 13.0 Å². The molecule has 0 atom stereocenters. The second-order valence-electron chi connectivity index (χ2n) is 4.56. The molecule has 0 aliphatic heterocycles. The Balaban J connectivity index is 2.07. The molecule has 100 valence electrons. The monoisotopic (exact) mass is 275 g/mol. The Morgan fingerprint density at radius 2 is 1.58 bits per heavy atom. The first-order valence-electron chi connectivity index (χ1n) is 6.42. The normalized spacial score (nSPS) is 10.5. The number of halogens is 1. The predicted octanol–water partition coefficient (Wildman–Crippen LogP) is 3.92. The van der Waals surface area contributed by atoms with Gasteiger partial charge in [0.25, 0.3) is 0 Å². The van der Waals surface area contributed by atoms with Crippen molar-refractivity contribution >= 4 is 17.4 Å². The van der Waals surface area contributed by atoms with Crippen molar-refractivity contribution in [2.75, 3.05) is 5.32 Å². The van der Waals surface area contributed by atoms with Gasteiger partial charge >= 0.3 is 0 Å². The third kappa shape index (κ3) is 3.44. The van der Waals surface area contributed by atoms with Gasteiger partial charge < -0.3 is 5.32 Å². The van der Waals surface area contributed by atoms with Crippen molar-refractivity contribution in [3.05, 3.63) is 51.9 Å². The van der Waals surface area contributed by atoms with Crippen LogP contribution >= 0.6 is 11.6 Å². The fraction of sp³-hybridized carbons (Fsp3) is 0.333. The largest absolute Gasteiger partial charge is 0.363 e. The minimum atomic E-state index is 0.424. The van der Waals surface area contributed by atoms with Gasteiger partial charge in [-0.25, -0.2) is 9.97 Å². The van der Waals surface area contributed by atoms with Gasteiger partial charge in [0.1, 0.15) is 0 Å². The van der Waals surface area contributed by atoms with Gasteiger partial charge in [0.2, 0.25) is 0 Å². The standard InChI is InChI=1S/C15H18ClN3/c1-4-12-5-7-13(8-6-12)9-17-15-14(16)18-10(2)11(3)19-15/h5-8H,4,9H2,1-3H3,(H,17,19). The van der Waals surface area contributed by atoms with Crippen molar-refractivity contribution in [3.8, 4) is 0 Å². The summed E-state index contributed by atoms with van der Waals surface area (Å²) in [4.78, 5) is 8.67. The lowest BCUT2D eigenvalue weighted by Gasteiger charge is -2.09. The van der Waals surface area contributed by atoms with Crippen LogP contribution in [0.5, 0.6) is 0 Å². The molecule has 1 N–H and O–H groups in total. The summed E-state index contributed by atoms with van der Waals surface area (Å²) in [5.74, 6) is 0.643. The molecule has 0 spiro atoms. The Kier molecular flexibility index (Phi) is 4.38. The van der Waals surface area contributed by atoms with Crippen LogP contribution in [0, 0.1) is 13.8 Å². The Morgan fingerprint density at radius 3 is 2.21 bits per heavy atom. The number of anilines is 1. The number of aromatic nitrogens is 2. The summed E-state index contributed by atoms with van der Waals surface area (Å²) < 4.78 is 0. The number of nitrogens with one attached hydrogen (secondary N) is 1. The molecule has 4 heteroatoms. The highest BCUT2D eigenvalue weighted by Crippen LogP contribution is 2.19. The third-order valence-electron chi connectivity index (χ3n) is 3.16. The minimum absolute atomic E-state index is 0.424. The number of hydrogen-bond donors (Lipinski definition) is 1. The molecule has 0 fully saturated rings. The third-order valence-corrected chi connectivity index (χ3v) is 3.42. The van der Waals surface area contributed by atoms with Crippen molar-refractivity contribution in [2.45, 2.75) is 33.7 Å². The summed E-state index contributed by atoms with van der Waals surface area (Å²) in [6.45, 7) is 6.68. The molecule has 0 aliphatic carbocycles. The molecular weight excluding hydrogens is 258 g/mol. The summed E-state index contributed by atoms with van der Waals surface area (Å²) in [5.41, 5.74) is 4.30. The zero-order valence-corrected chi connectivity index (χ0v) is 12.3. The lowest BCUT2D eigenvalue weighted by atomic mass is 10.1. The van der Waals surface area contributed by atoms with Gasteiger partial charge in [0, 0.05) is 6.54 Å². The number of rotatable bonds is 4. The van der Waals surface area contributed by atoms with Gasteiger partial charge in [-0.2, -0.15) is 0 Å². The van der Waals surface area contributed by atoms with Crippen LogP contribution in [0.3, 0.4) is 0 Å². The second-order valence-corrected chi connectivity index (χ2v) is 4.92. The molecule has 1 aromatic carbocycles. The van der Waals surface area contributed by atoms with E-state index in [1.54, 1.807) is 0 Å². The predicted molar refractivity (Wildman–Crippen MR) is 79.7 cm³/mol. The molecule has 0 saturated carbocycles. The van der Waals surface area contributed by atoms with Crippen molar-refractivity contribution in [3.63, 3.8) is 0 Å². The maximum atomic E-state index is 6.08. The number of aryl methyl sites for hydroxylation is 3. The summed E-state index contributed by atoms with van der Waals surface area (Å²) in [7, 11) is 0. The van der Waals surface area contributed by atoms with Crippen LogP contribution in [0.25, 0.3) is 0 Å². The SMILES string of the molecule is CCc1ccc(CNc2nc(C)c(C)nc2Cl)cc1. The van der Waals surface area contributed by atoms with Crippen LogP contribution < -0.4 is 5.32 Å². The molecule has 0 saturated heterocycles. The first-order valence-corrected chi connectivity index (χ1v) is 6.80. The highest BCUT2D eigenvalue weighted by Gasteiger charge is 2.06. The van der Waals surface area contributed by atoms with E-state index in [9.17, 15) is 0 Å². The van der Waals surface area contributed by atoms with E-state index >= 15 is 0 Å². The van der Waals surface area contributed by atoms with E-state index in [-0.39, 0.29) is 0 Å². The van der Waals surface area contributed by atoms with Gasteiger partial charge in [0.15, 0.2) is 11.0 Å². The van der Waals surface area contributed by atoms with Crippen molar-refractivity contribution in [1.82, 2.24) is 9.97 Å². The molecular formula is C15H18ClN3. The van der Waals surface area contributed by atoms with E-state index in [0.717, 1.165) is 17.8 Å². The maximum absolute atomic E-state index is 6.08. The zero-order chi connectivity index (χ0) is 13.8. The summed E-state index contributed by atoms with van der Waals surface area (Å²) in [6.07, 6.45) is 1.06. The van der Waals surface area contributed by atoms with Gasteiger partial charge in [-0.15, -0.1) is 0 Å². The molecule has 19 heavy (non-hydrogen) atoms. The number of nitrogens with zero attached hydrogens (tertiary/aromatic N) is 2. The molecule has 0 bridgehead atoms. The molecule has 1 aromatic heterocycles. The van der Waals surface area contributed by atoms with Gasteiger partial charge in [-0.1, -0.05) is 42.8 Å². The molecule has 3 nitrogen and oxygen atoms in total. The Morgan fingerprint density at radius 1 is 1.00 bits per heavy atom. The molecule has 0 amide bonds. The maximum Gasteiger partial charge on any atom is 0.171 e. The van der Waals surface area contributed by atoms with E-state index in [2.05, 4.69) is 46.5 Å². The fourth-order valence-electron chi connectivity index (χ4n) is 1.77. The molecule has 1 heterocycles. The topological polar surface area (TPSA) is 37.8 Å². The molecule has 2 rings (SSSR count). The summed E-state index contributed by atoms with van der Waals surface area (Å²) >= 11 is 6.08. The van der Waals surface area contributed by atoms with E-state index < -0.39 is 0 Å². The fourth-order valence-corrected chi connectivity index (χ4v) is 2.00. The van der Waals surface area contributed by atoms with Crippen LogP contribution in [0.15, 0.2) is 24.3 Å². The Labute approximate surface area is 119 Å². The lowest BCUT2D eigenvalue weighted by Crippen LogP contribution is -2.05. The first-order chi connectivity index (χ1) is 9.10. The van der Waals surface area contributed by atoms with Crippen LogP contribution in [0.1, 0.15) is 29.4 Å². The highest BCUT2D eigenvalue weighted by molar-refractivity contribution is 6.31.